The highest BCUT2D eigenvalue weighted by molar-refractivity contribution is 5.98. The minimum atomic E-state index is -1.40. The molecule has 5 amide bonds. The van der Waals surface area contributed by atoms with Crippen LogP contribution in [0.15, 0.2) is 53.7 Å². The van der Waals surface area contributed by atoms with Crippen molar-refractivity contribution in [1.82, 2.24) is 9.80 Å². The summed E-state index contributed by atoms with van der Waals surface area (Å²) in [6, 6.07) is 7.26. The van der Waals surface area contributed by atoms with E-state index in [1.807, 2.05) is 12.1 Å². The van der Waals surface area contributed by atoms with Crippen molar-refractivity contribution in [2.75, 3.05) is 51.3 Å². The number of quaternary nitrogens is 2. The van der Waals surface area contributed by atoms with Gasteiger partial charge in [0.25, 0.3) is 5.91 Å². The highest BCUT2D eigenvalue weighted by Gasteiger charge is 2.48. The highest BCUT2D eigenvalue weighted by atomic mass is 35.5. The second kappa shape index (κ2) is 16.5. The molecular weight excluding hydrogens is 621 g/mol. The Morgan fingerprint density at radius 2 is 1.75 bits per heavy atom. The molecule has 2 aromatic carbocycles. The van der Waals surface area contributed by atoms with Gasteiger partial charge in [0, 0.05) is 62.9 Å². The fourth-order valence-electron chi connectivity index (χ4n) is 5.44. The van der Waals surface area contributed by atoms with Crippen molar-refractivity contribution >= 4 is 29.6 Å². The molecule has 240 valence electrons. The molecule has 0 bridgehead atoms. The van der Waals surface area contributed by atoms with Gasteiger partial charge in [0.2, 0.25) is 0 Å². The Labute approximate surface area is 266 Å². The minimum Gasteiger partial charge on any atom is -1.00 e. The first-order valence-electron chi connectivity index (χ1n) is 13.8. The number of hydrogen-bond acceptors (Lipinski definition) is 7. The molecule has 11 nitrogen and oxygen atoms in total. The zero-order chi connectivity index (χ0) is 30.4. The number of ether oxygens (including phenoxy) is 1. The molecule has 6 N–H and O–H groups in total. The van der Waals surface area contributed by atoms with Crippen LogP contribution in [0.5, 0.6) is 0 Å². The zero-order valence-corrected chi connectivity index (χ0v) is 25.9. The zero-order valence-electron chi connectivity index (χ0n) is 24.4. The average Bonchev–Trinajstić information content (AvgIpc) is 2.98. The summed E-state index contributed by atoms with van der Waals surface area (Å²) in [6.45, 7) is 5.67. The van der Waals surface area contributed by atoms with Crippen LogP contribution in [0.25, 0.3) is 0 Å². The molecule has 0 saturated carbocycles. The number of esters is 1. The van der Waals surface area contributed by atoms with Crippen molar-refractivity contribution in [2.24, 2.45) is 5.73 Å². The highest BCUT2D eigenvalue weighted by Crippen LogP contribution is 2.34. The molecule has 2 aliphatic rings. The number of hydrogen-bond donors (Lipinski definition) is 3. The number of rotatable bonds is 9. The van der Waals surface area contributed by atoms with E-state index in [0.29, 0.717) is 49.9 Å². The second-order valence-corrected chi connectivity index (χ2v) is 10.1. The van der Waals surface area contributed by atoms with E-state index in [-0.39, 0.29) is 42.4 Å². The Balaban J connectivity index is 0.00000337. The summed E-state index contributed by atoms with van der Waals surface area (Å²) in [5.74, 6) is -3.09. The van der Waals surface area contributed by atoms with Gasteiger partial charge in [-0.25, -0.2) is 28.5 Å². The van der Waals surface area contributed by atoms with Crippen molar-refractivity contribution in [3.05, 3.63) is 76.5 Å². The number of nitrogens with zero attached hydrogens (tertiary/aromatic N) is 3. The summed E-state index contributed by atoms with van der Waals surface area (Å²) >= 11 is 0. The smallest absolute Gasteiger partial charge is 0.432 e. The molecule has 0 spiro atoms. The van der Waals surface area contributed by atoms with Gasteiger partial charge in [-0.3, -0.25) is 15.0 Å². The summed E-state index contributed by atoms with van der Waals surface area (Å²) in [6.07, 6.45) is 0.882. The predicted octanol–water partition coefficient (Wildman–Crippen LogP) is -5.16. The van der Waals surface area contributed by atoms with Gasteiger partial charge in [-0.1, -0.05) is 25.1 Å². The summed E-state index contributed by atoms with van der Waals surface area (Å²) in [4.78, 5) is 56.3. The molecule has 2 aromatic rings. The number of piperazine rings is 1. The lowest BCUT2D eigenvalue weighted by Crippen LogP contribution is -3.00. The summed E-state index contributed by atoms with van der Waals surface area (Å²) in [5.41, 5.74) is 6.92. The molecule has 1 atom stereocenters. The van der Waals surface area contributed by atoms with Gasteiger partial charge in [0.05, 0.1) is 19.2 Å². The predicted molar refractivity (Wildman–Crippen MR) is 148 cm³/mol. The van der Waals surface area contributed by atoms with Crippen LogP contribution in [-0.4, -0.2) is 80.1 Å². The number of carbonyl (C=O) groups is 4. The Bertz CT molecular complexity index is 1400. The SMILES string of the molecule is CCC1=C(C(=O)OC)C(c2ccc(F)cc2F)N(C(=O)[NH2+]CCCN2CCN(c3ccccc3C(N)=O)CC2)C(=O)[NH2+]1.[Cl-].[Cl-]. The minimum absolute atomic E-state index is 0. The van der Waals surface area contributed by atoms with Gasteiger partial charge >= 0.3 is 18.0 Å². The fourth-order valence-corrected chi connectivity index (χ4v) is 5.44. The number of para-hydroxylation sites is 1. The van der Waals surface area contributed by atoms with Crippen LogP contribution < -0.4 is 46.1 Å². The molecule has 15 heteroatoms. The Kier molecular flexibility index (Phi) is 13.7. The topological polar surface area (TPSA) is 146 Å². The van der Waals surface area contributed by atoms with Crippen molar-refractivity contribution in [2.45, 2.75) is 25.8 Å². The van der Waals surface area contributed by atoms with E-state index in [2.05, 4.69) is 9.80 Å². The Hall–Kier alpha value is -3.62. The quantitative estimate of drug-likeness (QED) is 0.181. The Morgan fingerprint density at radius 3 is 2.36 bits per heavy atom. The van der Waals surface area contributed by atoms with Crippen LogP contribution in [0.2, 0.25) is 0 Å². The van der Waals surface area contributed by atoms with Crippen molar-refractivity contribution in [1.29, 1.82) is 0 Å². The van der Waals surface area contributed by atoms with E-state index in [1.165, 1.54) is 10.6 Å². The third-order valence-electron chi connectivity index (χ3n) is 7.57. The third-order valence-corrected chi connectivity index (χ3v) is 7.57. The normalized spacial score (nSPS) is 17.1. The second-order valence-electron chi connectivity index (χ2n) is 10.1. The first kappa shape index (κ1) is 36.6. The van der Waals surface area contributed by atoms with Crippen LogP contribution >= 0.6 is 0 Å². The molecule has 1 saturated heterocycles. The van der Waals surface area contributed by atoms with Crippen LogP contribution in [0.3, 0.4) is 0 Å². The number of nitrogens with two attached hydrogens (primary N) is 3. The summed E-state index contributed by atoms with van der Waals surface area (Å²) < 4.78 is 33.6. The molecule has 1 unspecified atom stereocenters. The van der Waals surface area contributed by atoms with Crippen LogP contribution in [0, 0.1) is 11.6 Å². The summed E-state index contributed by atoms with van der Waals surface area (Å²) in [7, 11) is 1.16. The van der Waals surface area contributed by atoms with E-state index in [0.717, 1.165) is 42.9 Å². The number of benzene rings is 2. The molecule has 44 heavy (non-hydrogen) atoms. The first-order valence-corrected chi connectivity index (χ1v) is 13.8. The number of carbonyl (C=O) groups excluding carboxylic acids is 4. The molecule has 2 heterocycles. The largest absolute Gasteiger partial charge is 1.00 e. The number of allylic oxidation sites excluding steroid dienone is 1. The van der Waals surface area contributed by atoms with E-state index in [4.69, 9.17) is 10.5 Å². The molecule has 1 fully saturated rings. The van der Waals surface area contributed by atoms with Crippen molar-refractivity contribution in [3.63, 3.8) is 0 Å². The fraction of sp³-hybridized carbons (Fsp3) is 0.379. The molecule has 0 radical (unpaired) electrons. The number of imide groups is 1. The van der Waals surface area contributed by atoms with E-state index >= 15 is 0 Å². The monoisotopic (exact) mass is 656 g/mol. The van der Waals surface area contributed by atoms with Crippen LogP contribution in [-0.2, 0) is 9.53 Å². The maximum atomic E-state index is 15.0. The summed E-state index contributed by atoms with van der Waals surface area (Å²) in [5, 5.41) is 2.54. The number of urea groups is 2. The van der Waals surface area contributed by atoms with Gasteiger partial charge < -0.3 is 40.2 Å². The van der Waals surface area contributed by atoms with Crippen molar-refractivity contribution in [3.8, 4) is 0 Å². The molecule has 2 aliphatic heterocycles. The van der Waals surface area contributed by atoms with E-state index in [1.54, 1.807) is 19.1 Å². The molecule has 0 aromatic heterocycles. The van der Waals surface area contributed by atoms with Crippen LogP contribution in [0.1, 0.15) is 41.7 Å². The van der Waals surface area contributed by atoms with Crippen LogP contribution in [0.4, 0.5) is 24.1 Å². The lowest BCUT2D eigenvalue weighted by molar-refractivity contribution is -0.570. The average molecular weight is 658 g/mol. The third kappa shape index (κ3) is 8.10. The number of amides is 5. The number of anilines is 1. The number of halogens is 4. The number of primary amides is 3. The van der Waals surface area contributed by atoms with Gasteiger partial charge in [0.15, 0.2) is 0 Å². The number of methoxy groups -OCH3 is 1. The molecular formula is C29H36Cl2F2N6O5. The first-order chi connectivity index (χ1) is 20.2. The Morgan fingerprint density at radius 1 is 1.07 bits per heavy atom. The van der Waals surface area contributed by atoms with E-state index < -0.39 is 41.6 Å². The lowest BCUT2D eigenvalue weighted by atomic mass is 9.92. The molecule has 0 aliphatic carbocycles. The van der Waals surface area contributed by atoms with Gasteiger partial charge in [0.1, 0.15) is 28.9 Å². The lowest BCUT2D eigenvalue weighted by Gasteiger charge is -2.36. The maximum Gasteiger partial charge on any atom is 0.432 e. The van der Waals surface area contributed by atoms with Gasteiger partial charge in [-0.15, -0.1) is 0 Å². The van der Waals surface area contributed by atoms with Crippen molar-refractivity contribution < 1.29 is 68.1 Å². The molecule has 4 rings (SSSR count). The van der Waals surface area contributed by atoms with E-state index in [9.17, 15) is 28.0 Å². The van der Waals surface area contributed by atoms with Gasteiger partial charge in [-0.2, -0.15) is 4.90 Å². The standard InChI is InChI=1S/C29H34F2N6O5.2ClH/c1-3-22-24(27(39)42-2)25(19-10-9-18(30)17-21(19)31)37(29(41)34-22)28(40)33-11-6-12-35-13-15-36(16-14-35)23-8-5-4-7-20(23)26(32)38;;/h4-5,7-10,17,25H,3,6,11-16H2,1-2H3,(H2,32,38)(H,33,40)(H,34,41);2*1H. The van der Waals surface area contributed by atoms with Gasteiger partial charge in [-0.05, 0) is 18.2 Å². The maximum absolute atomic E-state index is 15.0.